The van der Waals surface area contributed by atoms with Crippen LogP contribution in [0, 0.1) is 6.92 Å². The van der Waals surface area contributed by atoms with Gasteiger partial charge in [0.1, 0.15) is 17.4 Å². The molecule has 7 heteroatoms. The van der Waals surface area contributed by atoms with Crippen molar-refractivity contribution in [2.75, 3.05) is 20.2 Å². The van der Waals surface area contributed by atoms with E-state index in [1.54, 1.807) is 34.8 Å². The first-order valence-corrected chi connectivity index (χ1v) is 8.12. The molecule has 3 heterocycles. The maximum atomic E-state index is 12.7. The molecule has 132 valence electrons. The lowest BCUT2D eigenvalue weighted by molar-refractivity contribution is 0.0768. The number of carbonyl (C=O) groups is 1. The highest BCUT2D eigenvalue weighted by atomic mass is 16.5. The number of ether oxygens (including phenoxy) is 2. The third kappa shape index (κ3) is 3.50. The molecule has 2 aromatic heterocycles. The van der Waals surface area contributed by atoms with E-state index in [-0.39, 0.29) is 17.6 Å². The minimum Gasteiger partial charge on any atom is -0.488 e. The molecular formula is C18H21N3O4. The van der Waals surface area contributed by atoms with Crippen molar-refractivity contribution in [2.24, 2.45) is 7.05 Å². The van der Waals surface area contributed by atoms with Gasteiger partial charge in [-0.2, -0.15) is 0 Å². The number of aryl methyl sites for hydroxylation is 1. The molecule has 1 atom stereocenters. The summed E-state index contributed by atoms with van der Waals surface area (Å²) in [4.78, 5) is 30.3. The normalized spacial score (nSPS) is 16.8. The summed E-state index contributed by atoms with van der Waals surface area (Å²) in [7, 11) is 3.21. The van der Waals surface area contributed by atoms with Gasteiger partial charge in [0.25, 0.3) is 11.5 Å². The van der Waals surface area contributed by atoms with E-state index in [1.165, 1.54) is 13.2 Å². The molecule has 0 aromatic carbocycles. The Labute approximate surface area is 145 Å². The Morgan fingerprint density at radius 1 is 1.36 bits per heavy atom. The molecule has 0 aliphatic carbocycles. The number of pyridine rings is 2. The van der Waals surface area contributed by atoms with E-state index in [0.29, 0.717) is 36.7 Å². The van der Waals surface area contributed by atoms with Crippen LogP contribution in [-0.2, 0) is 7.05 Å². The van der Waals surface area contributed by atoms with Crippen molar-refractivity contribution < 1.29 is 14.3 Å². The number of nitrogens with zero attached hydrogens (tertiary/aromatic N) is 3. The molecule has 0 N–H and O–H groups in total. The van der Waals surface area contributed by atoms with Crippen LogP contribution in [0.3, 0.4) is 0 Å². The predicted molar refractivity (Wildman–Crippen MR) is 92.1 cm³/mol. The first kappa shape index (κ1) is 17.0. The van der Waals surface area contributed by atoms with Crippen molar-refractivity contribution in [3.63, 3.8) is 0 Å². The molecule has 1 saturated heterocycles. The average Bonchev–Trinajstić information content (AvgIpc) is 3.07. The topological polar surface area (TPSA) is 73.7 Å². The van der Waals surface area contributed by atoms with Gasteiger partial charge in [0, 0.05) is 38.0 Å². The van der Waals surface area contributed by atoms with E-state index in [0.717, 1.165) is 5.69 Å². The second kappa shape index (κ2) is 6.96. The van der Waals surface area contributed by atoms with Gasteiger partial charge in [-0.1, -0.05) is 0 Å². The van der Waals surface area contributed by atoms with Gasteiger partial charge in [0.2, 0.25) is 5.88 Å². The molecule has 0 bridgehead atoms. The van der Waals surface area contributed by atoms with Crippen LogP contribution in [0.1, 0.15) is 22.5 Å². The first-order chi connectivity index (χ1) is 12.0. The second-order valence-electron chi connectivity index (χ2n) is 6.07. The van der Waals surface area contributed by atoms with E-state index in [2.05, 4.69) is 4.98 Å². The predicted octanol–water partition coefficient (Wildman–Crippen LogP) is 1.39. The lowest BCUT2D eigenvalue weighted by Gasteiger charge is -2.18. The Balaban J connectivity index is 1.69. The average molecular weight is 343 g/mol. The fraction of sp³-hybridized carbons (Fsp3) is 0.389. The molecule has 1 amide bonds. The molecule has 0 saturated carbocycles. The summed E-state index contributed by atoms with van der Waals surface area (Å²) in [6, 6.07) is 6.71. The molecule has 0 spiro atoms. The molecule has 2 aromatic rings. The van der Waals surface area contributed by atoms with Crippen molar-refractivity contribution in [1.29, 1.82) is 0 Å². The van der Waals surface area contributed by atoms with Crippen LogP contribution in [0.25, 0.3) is 0 Å². The summed E-state index contributed by atoms with van der Waals surface area (Å²) < 4.78 is 12.6. The highest BCUT2D eigenvalue weighted by Gasteiger charge is 2.30. The highest BCUT2D eigenvalue weighted by Crippen LogP contribution is 2.22. The molecule has 7 nitrogen and oxygen atoms in total. The second-order valence-corrected chi connectivity index (χ2v) is 6.07. The third-order valence-electron chi connectivity index (χ3n) is 4.41. The number of hydrogen-bond acceptors (Lipinski definition) is 5. The molecule has 0 radical (unpaired) electrons. The van der Waals surface area contributed by atoms with Gasteiger partial charge >= 0.3 is 0 Å². The molecular weight excluding hydrogens is 322 g/mol. The first-order valence-electron chi connectivity index (χ1n) is 8.12. The summed E-state index contributed by atoms with van der Waals surface area (Å²) in [6.07, 6.45) is 2.16. The number of rotatable bonds is 4. The zero-order valence-corrected chi connectivity index (χ0v) is 14.6. The third-order valence-corrected chi connectivity index (χ3v) is 4.41. The van der Waals surface area contributed by atoms with Crippen LogP contribution < -0.4 is 15.0 Å². The van der Waals surface area contributed by atoms with E-state index in [9.17, 15) is 9.59 Å². The Bertz CT molecular complexity index is 846. The van der Waals surface area contributed by atoms with Crippen LogP contribution in [0.4, 0.5) is 0 Å². The monoisotopic (exact) mass is 343 g/mol. The van der Waals surface area contributed by atoms with E-state index in [4.69, 9.17) is 9.47 Å². The molecule has 3 rings (SSSR count). The van der Waals surface area contributed by atoms with Crippen molar-refractivity contribution >= 4 is 5.91 Å². The molecule has 1 fully saturated rings. The van der Waals surface area contributed by atoms with Crippen molar-refractivity contribution in [1.82, 2.24) is 14.5 Å². The van der Waals surface area contributed by atoms with Crippen LogP contribution in [0.2, 0.25) is 0 Å². The van der Waals surface area contributed by atoms with Gasteiger partial charge in [0.15, 0.2) is 0 Å². The Morgan fingerprint density at radius 2 is 2.16 bits per heavy atom. The minimum absolute atomic E-state index is 0.110. The zero-order chi connectivity index (χ0) is 18.0. The fourth-order valence-electron chi connectivity index (χ4n) is 2.89. The smallest absolute Gasteiger partial charge is 0.259 e. The Kier molecular flexibility index (Phi) is 4.74. The lowest BCUT2D eigenvalue weighted by Crippen LogP contribution is -2.31. The van der Waals surface area contributed by atoms with E-state index < -0.39 is 0 Å². The molecule has 1 aliphatic rings. The SMILES string of the molecule is COc1ncccc1C(=O)N1CCC(Oc2cc(C)n(C)c(=O)c2)C1. The van der Waals surface area contributed by atoms with Gasteiger partial charge in [-0.3, -0.25) is 9.59 Å². The van der Waals surface area contributed by atoms with E-state index in [1.807, 2.05) is 13.0 Å². The maximum absolute atomic E-state index is 12.7. The van der Waals surface area contributed by atoms with Gasteiger partial charge in [0.05, 0.1) is 13.7 Å². The Hall–Kier alpha value is -2.83. The van der Waals surface area contributed by atoms with E-state index >= 15 is 0 Å². The lowest BCUT2D eigenvalue weighted by atomic mass is 10.2. The largest absolute Gasteiger partial charge is 0.488 e. The molecule has 25 heavy (non-hydrogen) atoms. The van der Waals surface area contributed by atoms with Gasteiger partial charge in [-0.05, 0) is 25.1 Å². The quantitative estimate of drug-likeness (QED) is 0.839. The number of hydrogen-bond donors (Lipinski definition) is 0. The fourth-order valence-corrected chi connectivity index (χ4v) is 2.89. The van der Waals surface area contributed by atoms with Crippen molar-refractivity contribution in [3.05, 3.63) is 52.1 Å². The van der Waals surface area contributed by atoms with Crippen LogP contribution >= 0.6 is 0 Å². The molecule has 1 aliphatic heterocycles. The van der Waals surface area contributed by atoms with Gasteiger partial charge in [-0.25, -0.2) is 4.98 Å². The number of likely N-dealkylation sites (tertiary alicyclic amines) is 1. The summed E-state index contributed by atoms with van der Waals surface area (Å²) >= 11 is 0. The van der Waals surface area contributed by atoms with Gasteiger partial charge < -0.3 is 18.9 Å². The number of aromatic nitrogens is 2. The standard InChI is InChI=1S/C18H21N3O4/c1-12-9-14(10-16(22)20(12)2)25-13-6-8-21(11-13)18(23)15-5-4-7-19-17(15)24-3/h4-5,7,9-10,13H,6,8,11H2,1-3H3. The highest BCUT2D eigenvalue weighted by molar-refractivity contribution is 5.96. The van der Waals surface area contributed by atoms with Crippen molar-refractivity contribution in [3.8, 4) is 11.6 Å². The Morgan fingerprint density at radius 3 is 2.88 bits per heavy atom. The summed E-state index contributed by atoms with van der Waals surface area (Å²) in [5.74, 6) is 0.731. The maximum Gasteiger partial charge on any atom is 0.259 e. The summed E-state index contributed by atoms with van der Waals surface area (Å²) in [5.41, 5.74) is 1.16. The number of amides is 1. The van der Waals surface area contributed by atoms with Gasteiger partial charge in [-0.15, -0.1) is 0 Å². The number of carbonyl (C=O) groups excluding carboxylic acids is 1. The van der Waals surface area contributed by atoms with Crippen molar-refractivity contribution in [2.45, 2.75) is 19.4 Å². The minimum atomic E-state index is -0.141. The van der Waals surface area contributed by atoms with Crippen LogP contribution in [0.15, 0.2) is 35.3 Å². The molecule has 1 unspecified atom stereocenters. The summed E-state index contributed by atoms with van der Waals surface area (Å²) in [5, 5.41) is 0. The summed E-state index contributed by atoms with van der Waals surface area (Å²) in [6.45, 7) is 2.91. The number of methoxy groups -OCH3 is 1. The van der Waals surface area contributed by atoms with Crippen LogP contribution in [0.5, 0.6) is 11.6 Å². The zero-order valence-electron chi connectivity index (χ0n) is 14.6. The van der Waals surface area contributed by atoms with Crippen LogP contribution in [-0.4, -0.2) is 46.7 Å².